The first-order valence-corrected chi connectivity index (χ1v) is 4.74. The van der Waals surface area contributed by atoms with Gasteiger partial charge < -0.3 is 0 Å². The molecular weight excluding hydrogens is 184 g/mol. The van der Waals surface area contributed by atoms with E-state index in [0.29, 0.717) is 0 Å². The molecule has 74 valence electrons. The van der Waals surface area contributed by atoms with Crippen molar-refractivity contribution in [3.8, 4) is 0 Å². The molecule has 2 nitrogen and oxygen atoms in total. The second-order valence-corrected chi connectivity index (χ2v) is 3.13. The summed E-state index contributed by atoms with van der Waals surface area (Å²) >= 11 is 0. The second-order valence-electron chi connectivity index (χ2n) is 3.13. The predicted octanol–water partition coefficient (Wildman–Crippen LogP) is 3.25. The molecule has 2 heteroatoms. The molecule has 0 aliphatic heterocycles. The van der Waals surface area contributed by atoms with Crippen molar-refractivity contribution in [3.63, 3.8) is 0 Å². The molecule has 0 spiro atoms. The molecule has 15 heavy (non-hydrogen) atoms. The normalized spacial score (nSPS) is 11.6. The van der Waals surface area contributed by atoms with Gasteiger partial charge in [0.1, 0.15) is 6.33 Å². The van der Waals surface area contributed by atoms with E-state index in [2.05, 4.69) is 18.1 Å². The fourth-order valence-electron chi connectivity index (χ4n) is 1.53. The van der Waals surface area contributed by atoms with Gasteiger partial charge in [0.25, 0.3) is 0 Å². The number of rotatable bonds is 3. The molecule has 0 atom stereocenters. The van der Waals surface area contributed by atoms with E-state index in [-0.39, 0.29) is 0 Å². The highest BCUT2D eigenvalue weighted by Crippen LogP contribution is 2.17. The number of hydrogen-bond donors (Lipinski definition) is 0. The number of allylic oxidation sites excluding steroid dienone is 4. The Morgan fingerprint density at radius 3 is 2.80 bits per heavy atom. The Morgan fingerprint density at radius 2 is 2.07 bits per heavy atom. The standard InChI is InChI=1S/C13H12N2/c1-3-7-11(4-2)15-10-14-12-8-5-6-9-13(12)15/h3-10H,1-2H2/b11-7+. The summed E-state index contributed by atoms with van der Waals surface area (Å²) < 4.78 is 1.99. The maximum absolute atomic E-state index is 4.31. The molecule has 0 radical (unpaired) electrons. The first kappa shape index (κ1) is 9.46. The minimum Gasteiger partial charge on any atom is -0.299 e. The lowest BCUT2D eigenvalue weighted by atomic mass is 10.3. The topological polar surface area (TPSA) is 17.8 Å². The lowest BCUT2D eigenvalue weighted by Gasteiger charge is -2.03. The van der Waals surface area contributed by atoms with E-state index in [1.54, 1.807) is 18.5 Å². The summed E-state index contributed by atoms with van der Waals surface area (Å²) in [7, 11) is 0. The van der Waals surface area contributed by atoms with Crippen molar-refractivity contribution in [2.75, 3.05) is 0 Å². The third kappa shape index (κ3) is 1.62. The molecule has 0 aliphatic carbocycles. The fourth-order valence-corrected chi connectivity index (χ4v) is 1.53. The average Bonchev–Trinajstić information content (AvgIpc) is 2.70. The van der Waals surface area contributed by atoms with Crippen LogP contribution in [-0.2, 0) is 0 Å². The molecule has 1 aromatic heterocycles. The van der Waals surface area contributed by atoms with Crippen LogP contribution in [0.5, 0.6) is 0 Å². The highest BCUT2D eigenvalue weighted by atomic mass is 15.0. The van der Waals surface area contributed by atoms with Gasteiger partial charge in [-0.3, -0.25) is 4.57 Å². The van der Waals surface area contributed by atoms with Crippen LogP contribution in [0.25, 0.3) is 16.7 Å². The van der Waals surface area contributed by atoms with Gasteiger partial charge in [-0.1, -0.05) is 31.4 Å². The van der Waals surface area contributed by atoms with Crippen molar-refractivity contribution in [3.05, 3.63) is 62.0 Å². The number of fused-ring (bicyclic) bond motifs is 1. The zero-order valence-electron chi connectivity index (χ0n) is 8.43. The monoisotopic (exact) mass is 196 g/mol. The summed E-state index contributed by atoms with van der Waals surface area (Å²) in [5.41, 5.74) is 3.03. The molecule has 0 saturated heterocycles. The van der Waals surface area contributed by atoms with Crippen molar-refractivity contribution in [2.24, 2.45) is 0 Å². The van der Waals surface area contributed by atoms with Gasteiger partial charge in [0.2, 0.25) is 0 Å². The minimum atomic E-state index is 0.971. The Hall–Kier alpha value is -2.09. The largest absolute Gasteiger partial charge is 0.299 e. The number of benzene rings is 1. The van der Waals surface area contributed by atoms with Crippen LogP contribution in [0.1, 0.15) is 0 Å². The highest BCUT2D eigenvalue weighted by molar-refractivity contribution is 5.80. The molecular formula is C13H12N2. The molecule has 0 amide bonds. The Bertz CT molecular complexity index is 532. The number of hydrogen-bond acceptors (Lipinski definition) is 1. The van der Waals surface area contributed by atoms with Crippen molar-refractivity contribution in [1.29, 1.82) is 0 Å². The zero-order chi connectivity index (χ0) is 10.7. The summed E-state index contributed by atoms with van der Waals surface area (Å²) in [6.45, 7) is 7.46. The molecule has 1 heterocycles. The predicted molar refractivity (Wildman–Crippen MR) is 64.4 cm³/mol. The number of para-hydroxylation sites is 2. The molecule has 0 fully saturated rings. The molecule has 1 aromatic carbocycles. The lowest BCUT2D eigenvalue weighted by molar-refractivity contribution is 1.14. The third-order valence-corrected chi connectivity index (χ3v) is 2.23. The maximum Gasteiger partial charge on any atom is 0.100 e. The van der Waals surface area contributed by atoms with Gasteiger partial charge in [0, 0.05) is 5.70 Å². The highest BCUT2D eigenvalue weighted by Gasteiger charge is 2.02. The van der Waals surface area contributed by atoms with Crippen LogP contribution >= 0.6 is 0 Å². The molecule has 2 aromatic rings. The number of aromatic nitrogens is 2. The van der Waals surface area contributed by atoms with E-state index in [1.165, 1.54) is 0 Å². The van der Waals surface area contributed by atoms with Gasteiger partial charge in [-0.05, 0) is 24.3 Å². The van der Waals surface area contributed by atoms with Crippen molar-refractivity contribution < 1.29 is 0 Å². The minimum absolute atomic E-state index is 0.971. The van der Waals surface area contributed by atoms with E-state index in [0.717, 1.165) is 16.7 Å². The summed E-state index contributed by atoms with van der Waals surface area (Å²) in [6.07, 6.45) is 7.23. The van der Waals surface area contributed by atoms with Crippen LogP contribution in [0.4, 0.5) is 0 Å². The van der Waals surface area contributed by atoms with Gasteiger partial charge in [-0.25, -0.2) is 4.98 Å². The molecule has 0 saturated carbocycles. The zero-order valence-corrected chi connectivity index (χ0v) is 8.43. The van der Waals surface area contributed by atoms with E-state index in [1.807, 2.05) is 34.9 Å². The summed E-state index contributed by atoms with van der Waals surface area (Å²) in [4.78, 5) is 4.31. The van der Waals surface area contributed by atoms with Crippen LogP contribution in [0.15, 0.2) is 62.0 Å². The SMILES string of the molecule is C=C/C=C(\C=C)n1cnc2ccccc21. The van der Waals surface area contributed by atoms with Crippen molar-refractivity contribution in [2.45, 2.75) is 0 Å². The lowest BCUT2D eigenvalue weighted by Crippen LogP contribution is -1.91. The first-order valence-electron chi connectivity index (χ1n) is 4.74. The van der Waals surface area contributed by atoms with Gasteiger partial charge in [-0.2, -0.15) is 0 Å². The summed E-state index contributed by atoms with van der Waals surface area (Å²) in [5, 5.41) is 0. The average molecular weight is 196 g/mol. The Balaban J connectivity index is 2.66. The first-order chi connectivity index (χ1) is 7.36. The summed E-state index contributed by atoms with van der Waals surface area (Å²) in [5.74, 6) is 0. The molecule has 0 unspecified atom stereocenters. The van der Waals surface area contributed by atoms with Crippen LogP contribution in [0.3, 0.4) is 0 Å². The Morgan fingerprint density at radius 1 is 1.27 bits per heavy atom. The van der Waals surface area contributed by atoms with Crippen LogP contribution in [0.2, 0.25) is 0 Å². The van der Waals surface area contributed by atoms with E-state index in [4.69, 9.17) is 0 Å². The quantitative estimate of drug-likeness (QED) is 0.689. The molecule has 2 rings (SSSR count). The van der Waals surface area contributed by atoms with Gasteiger partial charge in [0.15, 0.2) is 0 Å². The van der Waals surface area contributed by atoms with Gasteiger partial charge >= 0.3 is 0 Å². The van der Waals surface area contributed by atoms with Crippen LogP contribution < -0.4 is 0 Å². The third-order valence-electron chi connectivity index (χ3n) is 2.23. The number of nitrogens with zero attached hydrogens (tertiary/aromatic N) is 2. The molecule has 0 aliphatic rings. The van der Waals surface area contributed by atoms with E-state index < -0.39 is 0 Å². The maximum atomic E-state index is 4.31. The Labute approximate surface area is 88.9 Å². The van der Waals surface area contributed by atoms with E-state index in [9.17, 15) is 0 Å². The molecule has 0 bridgehead atoms. The van der Waals surface area contributed by atoms with Gasteiger partial charge in [0.05, 0.1) is 11.0 Å². The fraction of sp³-hybridized carbons (Fsp3) is 0. The van der Waals surface area contributed by atoms with Crippen molar-refractivity contribution in [1.82, 2.24) is 9.55 Å². The van der Waals surface area contributed by atoms with E-state index >= 15 is 0 Å². The Kier molecular flexibility index (Phi) is 2.50. The second kappa shape index (κ2) is 3.96. The molecule has 0 N–H and O–H groups in total. The smallest absolute Gasteiger partial charge is 0.100 e. The summed E-state index contributed by atoms with van der Waals surface area (Å²) in [6, 6.07) is 7.99. The van der Waals surface area contributed by atoms with Crippen molar-refractivity contribution >= 4 is 16.7 Å². The number of imidazole rings is 1. The van der Waals surface area contributed by atoms with Crippen LogP contribution in [0, 0.1) is 0 Å². The van der Waals surface area contributed by atoms with Gasteiger partial charge in [-0.15, -0.1) is 0 Å². The van der Waals surface area contributed by atoms with Crippen LogP contribution in [-0.4, -0.2) is 9.55 Å².